The molecule has 1 aromatic carbocycles. The molecule has 0 amide bonds. The largest absolute Gasteiger partial charge is 0.325 e. The van der Waals surface area contributed by atoms with Crippen molar-refractivity contribution in [1.82, 2.24) is 0 Å². The molecule has 0 spiro atoms. The predicted octanol–water partition coefficient (Wildman–Crippen LogP) is 3.70. The van der Waals surface area contributed by atoms with Crippen molar-refractivity contribution >= 4 is 41.0 Å². The number of hydrogen-bond acceptors (Lipinski definition) is 2. The van der Waals surface area contributed by atoms with Crippen LogP contribution in [0.1, 0.15) is 76.7 Å². The van der Waals surface area contributed by atoms with Gasteiger partial charge in [-0.15, -0.1) is 0 Å². The van der Waals surface area contributed by atoms with Crippen molar-refractivity contribution in [1.29, 1.82) is 0 Å². The summed E-state index contributed by atoms with van der Waals surface area (Å²) in [7, 11) is 0. The second kappa shape index (κ2) is 19.6. The third-order valence-corrected chi connectivity index (χ3v) is 4.75. The molecule has 0 aromatic heterocycles. The van der Waals surface area contributed by atoms with Gasteiger partial charge in [0.1, 0.15) is 0 Å². The Bertz CT molecular complexity index is 573. The molecule has 0 atom stereocenters. The van der Waals surface area contributed by atoms with Crippen molar-refractivity contribution in [2.24, 2.45) is 0 Å². The number of rotatable bonds is 11. The zero-order valence-electron chi connectivity index (χ0n) is 16.9. The Balaban J connectivity index is 0. The average Bonchev–Trinajstić information content (AvgIpc) is 2.55. The molecule has 0 heterocycles. The number of unbranched alkanes of at least 4 members (excludes halogenated alkanes) is 9. The summed E-state index contributed by atoms with van der Waals surface area (Å²) in [6.07, 6.45) is 15.5. The van der Waals surface area contributed by atoms with Crippen LogP contribution in [-0.4, -0.2) is 29.4 Å². The maximum absolute atomic E-state index is 7.56. The Labute approximate surface area is 196 Å². The van der Waals surface area contributed by atoms with E-state index in [-0.39, 0.29) is 0 Å². The fourth-order valence-corrected chi connectivity index (χ4v) is 3.12. The van der Waals surface area contributed by atoms with E-state index < -0.39 is 13.4 Å². The van der Waals surface area contributed by atoms with E-state index in [1.54, 1.807) is 5.56 Å². The zero-order valence-corrected chi connectivity index (χ0v) is 22.3. The van der Waals surface area contributed by atoms with Gasteiger partial charge >= 0.3 is 131 Å². The molecule has 6 N–H and O–H groups in total. The predicted molar refractivity (Wildman–Crippen MR) is 124 cm³/mol. The van der Waals surface area contributed by atoms with Crippen LogP contribution in [-0.2, 0) is 49.8 Å². The molecule has 171 valence electrons. The van der Waals surface area contributed by atoms with Gasteiger partial charge in [-0.25, -0.2) is 0 Å². The summed E-state index contributed by atoms with van der Waals surface area (Å²) in [4.78, 5) is 45.3. The summed E-state index contributed by atoms with van der Waals surface area (Å²) >= 11 is 9.36. The molecule has 1 rings (SSSR count). The van der Waals surface area contributed by atoms with Gasteiger partial charge in [0, 0.05) is 0 Å². The Hall–Kier alpha value is 0.968. The Morgan fingerprint density at radius 3 is 1.41 bits per heavy atom. The standard InChI is InChI=1S/C18H29.Mo.2H3O3PS/c1-2-3-4-5-6-7-8-9-10-12-15-18-16-13-11-14-17-18;;2*1-4(2,3)5/h11,13-14,16H,2-10,12,15H2,1H3;;2*(H3,1,2,3,5). The van der Waals surface area contributed by atoms with E-state index in [9.17, 15) is 0 Å². The normalized spacial score (nSPS) is 11.1. The molecular formula is C18H35MoO6P2S2. The first-order chi connectivity index (χ1) is 13.3. The van der Waals surface area contributed by atoms with Gasteiger partial charge < -0.3 is 29.4 Å². The van der Waals surface area contributed by atoms with Crippen molar-refractivity contribution in [3.8, 4) is 0 Å². The fourth-order valence-electron chi connectivity index (χ4n) is 2.51. The van der Waals surface area contributed by atoms with Gasteiger partial charge in [0.25, 0.3) is 0 Å². The molecule has 0 aliphatic heterocycles. The van der Waals surface area contributed by atoms with Crippen LogP contribution in [0.15, 0.2) is 24.3 Å². The number of hydrogen-bond donors (Lipinski definition) is 6. The molecule has 0 radical (unpaired) electrons. The second-order valence-electron chi connectivity index (χ2n) is 6.57. The monoisotopic (exact) mass is 571 g/mol. The van der Waals surface area contributed by atoms with Crippen LogP contribution < -0.4 is 3.95 Å². The number of aryl methyl sites for hydroxylation is 1. The zero-order chi connectivity index (χ0) is 22.8. The van der Waals surface area contributed by atoms with Gasteiger partial charge in [0.05, 0.1) is 0 Å². The minimum atomic E-state index is -3.81. The summed E-state index contributed by atoms with van der Waals surface area (Å²) in [5.74, 6) is 0. The van der Waals surface area contributed by atoms with Gasteiger partial charge in [-0.3, -0.25) is 0 Å². The molecule has 29 heavy (non-hydrogen) atoms. The molecule has 0 saturated heterocycles. The first-order valence-corrected chi connectivity index (χ1v) is 16.0. The fraction of sp³-hybridized carbons (Fsp3) is 0.667. The maximum Gasteiger partial charge on any atom is 0.319 e. The van der Waals surface area contributed by atoms with E-state index in [4.69, 9.17) is 29.4 Å². The molecule has 0 bridgehead atoms. The van der Waals surface area contributed by atoms with Gasteiger partial charge in [-0.05, 0) is 23.6 Å². The van der Waals surface area contributed by atoms with E-state index in [2.05, 4.69) is 74.6 Å². The summed E-state index contributed by atoms with van der Waals surface area (Å²) in [6, 6.07) is 8.82. The third kappa shape index (κ3) is 36.7. The van der Waals surface area contributed by atoms with Crippen LogP contribution in [0.2, 0.25) is 0 Å². The summed E-state index contributed by atoms with van der Waals surface area (Å²) in [5, 5.41) is 0. The molecule has 6 nitrogen and oxygen atoms in total. The minimum Gasteiger partial charge on any atom is -0.325 e. The van der Waals surface area contributed by atoms with Crippen LogP contribution in [0.5, 0.6) is 0 Å². The maximum atomic E-state index is 7.56. The minimum absolute atomic E-state index is 1.27. The van der Waals surface area contributed by atoms with E-state index in [1.807, 2.05) is 0 Å². The quantitative estimate of drug-likeness (QED) is 0.136. The molecule has 11 heteroatoms. The van der Waals surface area contributed by atoms with Crippen molar-refractivity contribution in [3.05, 3.63) is 29.8 Å². The van der Waals surface area contributed by atoms with E-state index in [0.717, 1.165) is 0 Å². The van der Waals surface area contributed by atoms with E-state index >= 15 is 0 Å². The van der Waals surface area contributed by atoms with Crippen molar-refractivity contribution in [3.63, 3.8) is 0 Å². The first kappa shape index (κ1) is 32.1. The Morgan fingerprint density at radius 1 is 0.690 bits per heavy atom. The van der Waals surface area contributed by atoms with Gasteiger partial charge in [0.15, 0.2) is 0 Å². The first-order valence-electron chi connectivity index (χ1n) is 9.66. The molecule has 1 aromatic rings. The van der Waals surface area contributed by atoms with Crippen LogP contribution in [0, 0.1) is 0 Å². The van der Waals surface area contributed by atoms with E-state index in [1.165, 1.54) is 74.6 Å². The van der Waals surface area contributed by atoms with Crippen molar-refractivity contribution in [2.45, 2.75) is 77.6 Å². The Kier molecular flexibility index (Phi) is 21.8. The smallest absolute Gasteiger partial charge is 0.319 e. The Morgan fingerprint density at radius 2 is 1.03 bits per heavy atom. The van der Waals surface area contributed by atoms with Crippen LogP contribution in [0.25, 0.3) is 0 Å². The average molecular weight is 569 g/mol. The third-order valence-electron chi connectivity index (χ3n) is 3.77. The van der Waals surface area contributed by atoms with Crippen LogP contribution in [0.3, 0.4) is 0 Å². The second-order valence-corrected chi connectivity index (χ2v) is 12.6. The molecule has 0 aliphatic carbocycles. The number of benzene rings is 1. The van der Waals surface area contributed by atoms with Crippen molar-refractivity contribution in [2.75, 3.05) is 0 Å². The van der Waals surface area contributed by atoms with Crippen LogP contribution in [0.4, 0.5) is 0 Å². The molecule has 0 unspecified atom stereocenters. The molecular weight excluding hydrogens is 534 g/mol. The van der Waals surface area contributed by atoms with Gasteiger partial charge in [-0.2, -0.15) is 0 Å². The molecule has 0 fully saturated rings. The SMILES string of the molecule is CCCCCCCCCCCCc1cccc[c]1[Mo].OP(O)(O)=S.OP(O)(O)=S. The molecule has 0 aliphatic rings. The topological polar surface area (TPSA) is 121 Å². The van der Waals surface area contributed by atoms with Gasteiger partial charge in [0.2, 0.25) is 0 Å². The summed E-state index contributed by atoms with van der Waals surface area (Å²) < 4.78 is 1.47. The van der Waals surface area contributed by atoms with Crippen molar-refractivity contribution < 1.29 is 49.2 Å². The van der Waals surface area contributed by atoms with Gasteiger partial charge in [-0.1, -0.05) is 13.3 Å². The summed E-state index contributed by atoms with van der Waals surface area (Å²) in [5.41, 5.74) is 1.55. The molecule has 0 saturated carbocycles. The van der Waals surface area contributed by atoms with Crippen LogP contribution >= 0.6 is 13.4 Å². The van der Waals surface area contributed by atoms with E-state index in [0.29, 0.717) is 0 Å². The summed E-state index contributed by atoms with van der Waals surface area (Å²) in [6.45, 7) is -5.32.